The molecule has 102 valence electrons. The Labute approximate surface area is 125 Å². The Bertz CT molecular complexity index is 637. The fourth-order valence-electron chi connectivity index (χ4n) is 1.59. The van der Waals surface area contributed by atoms with E-state index < -0.39 is 5.54 Å². The molecule has 1 heterocycles. The summed E-state index contributed by atoms with van der Waals surface area (Å²) < 4.78 is 0.865. The predicted octanol–water partition coefficient (Wildman–Crippen LogP) is 3.71. The molecule has 1 aromatic carbocycles. The molecule has 0 aliphatic heterocycles. The Balaban J connectivity index is 2.40. The number of carbonyl (C=O) groups excluding carboxylic acids is 1. The summed E-state index contributed by atoms with van der Waals surface area (Å²) in [6.07, 6.45) is 0. The molecular formula is C13H13Cl2NO2S. The average molecular weight is 318 g/mol. The van der Waals surface area contributed by atoms with Gasteiger partial charge in [0.05, 0.1) is 17.2 Å². The van der Waals surface area contributed by atoms with Gasteiger partial charge >= 0.3 is 0 Å². The van der Waals surface area contributed by atoms with Crippen LogP contribution in [0.15, 0.2) is 18.2 Å². The second kappa shape index (κ2) is 5.29. The molecule has 6 heteroatoms. The van der Waals surface area contributed by atoms with Crippen LogP contribution in [-0.2, 0) is 0 Å². The number of hydrogen-bond donors (Lipinski definition) is 2. The molecule has 0 saturated carbocycles. The molecule has 3 nitrogen and oxygen atoms in total. The largest absolute Gasteiger partial charge is 0.394 e. The number of benzene rings is 1. The third-order valence-electron chi connectivity index (χ3n) is 2.64. The van der Waals surface area contributed by atoms with Crippen molar-refractivity contribution in [3.8, 4) is 0 Å². The van der Waals surface area contributed by atoms with E-state index in [1.165, 1.54) is 11.3 Å². The van der Waals surface area contributed by atoms with Crippen LogP contribution >= 0.6 is 34.5 Å². The van der Waals surface area contributed by atoms with E-state index in [2.05, 4.69) is 5.32 Å². The Morgan fingerprint density at radius 1 is 1.42 bits per heavy atom. The molecule has 0 radical (unpaired) electrons. The number of halogens is 2. The lowest BCUT2D eigenvalue weighted by Gasteiger charge is -2.23. The number of hydrogen-bond acceptors (Lipinski definition) is 3. The van der Waals surface area contributed by atoms with E-state index >= 15 is 0 Å². The fourth-order valence-corrected chi connectivity index (χ4v) is 3.28. The summed E-state index contributed by atoms with van der Waals surface area (Å²) in [6, 6.07) is 5.31. The number of aliphatic hydroxyl groups is 1. The van der Waals surface area contributed by atoms with Gasteiger partial charge in [-0.2, -0.15) is 0 Å². The smallest absolute Gasteiger partial charge is 0.263 e. The standard InChI is InChI=1S/C13H13Cl2NO2S/c1-13(2,6-17)16-12(18)11-10(15)8-4-3-7(14)5-9(8)19-11/h3-5,17H,6H2,1-2H3,(H,16,18). The van der Waals surface area contributed by atoms with E-state index in [1.54, 1.807) is 32.0 Å². The highest BCUT2D eigenvalue weighted by Crippen LogP contribution is 2.36. The quantitative estimate of drug-likeness (QED) is 0.906. The number of carbonyl (C=O) groups is 1. The van der Waals surface area contributed by atoms with Crippen LogP contribution in [0.2, 0.25) is 10.0 Å². The highest BCUT2D eigenvalue weighted by Gasteiger charge is 2.24. The first-order chi connectivity index (χ1) is 8.84. The first-order valence-corrected chi connectivity index (χ1v) is 7.22. The van der Waals surface area contributed by atoms with Crippen molar-refractivity contribution in [2.24, 2.45) is 0 Å². The van der Waals surface area contributed by atoms with Crippen molar-refractivity contribution in [2.75, 3.05) is 6.61 Å². The number of amides is 1. The van der Waals surface area contributed by atoms with Gasteiger partial charge in [0.2, 0.25) is 0 Å². The van der Waals surface area contributed by atoms with Crippen LogP contribution in [0.25, 0.3) is 10.1 Å². The molecule has 2 N–H and O–H groups in total. The zero-order valence-electron chi connectivity index (χ0n) is 10.5. The molecule has 0 atom stereocenters. The van der Waals surface area contributed by atoms with Crippen molar-refractivity contribution in [2.45, 2.75) is 19.4 Å². The second-order valence-electron chi connectivity index (χ2n) is 4.88. The summed E-state index contributed by atoms with van der Waals surface area (Å²) in [5, 5.41) is 13.7. The Hall–Kier alpha value is -0.810. The Morgan fingerprint density at radius 3 is 2.74 bits per heavy atom. The van der Waals surface area contributed by atoms with Crippen LogP contribution in [0, 0.1) is 0 Å². The topological polar surface area (TPSA) is 49.3 Å². The van der Waals surface area contributed by atoms with E-state index in [0.29, 0.717) is 14.9 Å². The maximum atomic E-state index is 12.2. The molecular weight excluding hydrogens is 305 g/mol. The van der Waals surface area contributed by atoms with Crippen molar-refractivity contribution in [3.05, 3.63) is 33.1 Å². The zero-order valence-corrected chi connectivity index (χ0v) is 12.8. The third kappa shape index (κ3) is 3.03. The molecule has 0 aliphatic carbocycles. The summed E-state index contributed by atoms with van der Waals surface area (Å²) in [5.41, 5.74) is -0.686. The van der Waals surface area contributed by atoms with Crippen molar-refractivity contribution in [1.82, 2.24) is 5.32 Å². The molecule has 2 aromatic rings. The SMILES string of the molecule is CC(C)(CO)NC(=O)c1sc2cc(Cl)ccc2c1Cl. The molecule has 2 rings (SSSR count). The van der Waals surface area contributed by atoms with Crippen LogP contribution in [0.4, 0.5) is 0 Å². The molecule has 0 unspecified atom stereocenters. The lowest BCUT2D eigenvalue weighted by atomic mass is 10.1. The van der Waals surface area contributed by atoms with Crippen LogP contribution < -0.4 is 5.32 Å². The zero-order chi connectivity index (χ0) is 14.2. The number of rotatable bonds is 3. The minimum Gasteiger partial charge on any atom is -0.394 e. The monoisotopic (exact) mass is 317 g/mol. The summed E-state index contributed by atoms with van der Waals surface area (Å²) in [7, 11) is 0. The van der Waals surface area contributed by atoms with Gasteiger partial charge in [0, 0.05) is 15.1 Å². The first-order valence-electron chi connectivity index (χ1n) is 5.65. The summed E-state index contributed by atoms with van der Waals surface area (Å²) in [6.45, 7) is 3.33. The van der Waals surface area contributed by atoms with Gasteiger partial charge in [-0.25, -0.2) is 0 Å². The van der Waals surface area contributed by atoms with E-state index in [-0.39, 0.29) is 12.5 Å². The van der Waals surface area contributed by atoms with Gasteiger partial charge in [0.15, 0.2) is 0 Å². The fraction of sp³-hybridized carbons (Fsp3) is 0.308. The van der Waals surface area contributed by atoms with Crippen LogP contribution in [0.1, 0.15) is 23.5 Å². The van der Waals surface area contributed by atoms with Crippen molar-refractivity contribution >= 4 is 50.5 Å². The Kier molecular flexibility index (Phi) is 4.06. The van der Waals surface area contributed by atoms with Crippen LogP contribution in [-0.4, -0.2) is 23.2 Å². The summed E-state index contributed by atoms with van der Waals surface area (Å²) >= 11 is 13.4. The molecule has 0 fully saturated rings. The van der Waals surface area contributed by atoms with Gasteiger partial charge in [-0.05, 0) is 26.0 Å². The minimum atomic E-state index is -0.686. The van der Waals surface area contributed by atoms with Gasteiger partial charge in [-0.15, -0.1) is 11.3 Å². The van der Waals surface area contributed by atoms with E-state index in [0.717, 1.165) is 10.1 Å². The molecule has 0 spiro atoms. The molecule has 0 aliphatic rings. The summed E-state index contributed by atoms with van der Waals surface area (Å²) in [4.78, 5) is 12.6. The number of fused-ring (bicyclic) bond motifs is 1. The predicted molar refractivity (Wildman–Crippen MR) is 80.5 cm³/mol. The highest BCUT2D eigenvalue weighted by molar-refractivity contribution is 7.21. The van der Waals surface area contributed by atoms with E-state index in [1.807, 2.05) is 0 Å². The minimum absolute atomic E-state index is 0.146. The third-order valence-corrected chi connectivity index (χ3v) is 4.54. The van der Waals surface area contributed by atoms with E-state index in [4.69, 9.17) is 23.2 Å². The molecule has 1 aromatic heterocycles. The lowest BCUT2D eigenvalue weighted by Crippen LogP contribution is -2.46. The average Bonchev–Trinajstić information content (AvgIpc) is 2.66. The highest BCUT2D eigenvalue weighted by atomic mass is 35.5. The molecule has 19 heavy (non-hydrogen) atoms. The molecule has 1 amide bonds. The van der Waals surface area contributed by atoms with Gasteiger partial charge < -0.3 is 10.4 Å². The maximum absolute atomic E-state index is 12.2. The normalized spacial score (nSPS) is 11.8. The first kappa shape index (κ1) is 14.6. The van der Waals surface area contributed by atoms with Crippen LogP contribution in [0.5, 0.6) is 0 Å². The summed E-state index contributed by atoms with van der Waals surface area (Å²) in [5.74, 6) is -0.290. The molecule has 0 saturated heterocycles. The lowest BCUT2D eigenvalue weighted by molar-refractivity contribution is 0.0874. The number of nitrogens with one attached hydrogen (secondary N) is 1. The Morgan fingerprint density at radius 2 is 2.11 bits per heavy atom. The number of aliphatic hydroxyl groups excluding tert-OH is 1. The van der Waals surface area contributed by atoms with E-state index in [9.17, 15) is 9.90 Å². The van der Waals surface area contributed by atoms with Crippen LogP contribution in [0.3, 0.4) is 0 Å². The van der Waals surface area contributed by atoms with Crippen molar-refractivity contribution in [1.29, 1.82) is 0 Å². The van der Waals surface area contributed by atoms with Crippen molar-refractivity contribution < 1.29 is 9.90 Å². The van der Waals surface area contributed by atoms with Gasteiger partial charge in [-0.3, -0.25) is 4.79 Å². The van der Waals surface area contributed by atoms with Gasteiger partial charge in [0.25, 0.3) is 5.91 Å². The number of thiophene rings is 1. The van der Waals surface area contributed by atoms with Gasteiger partial charge in [0.1, 0.15) is 4.88 Å². The maximum Gasteiger partial charge on any atom is 0.263 e. The van der Waals surface area contributed by atoms with Crippen molar-refractivity contribution in [3.63, 3.8) is 0 Å². The second-order valence-corrected chi connectivity index (χ2v) is 6.75. The van der Waals surface area contributed by atoms with Gasteiger partial charge in [-0.1, -0.05) is 29.3 Å². The molecule has 0 bridgehead atoms.